The van der Waals surface area contributed by atoms with E-state index in [0.29, 0.717) is 24.6 Å². The standard InChI is InChI=1S/C31H40N2O5/c1-8-37-29(34)23-11-9-22(10-12-23)26-17-20(2)13-15-32(26)19-25-24-14-16-33(30(35)38-31(4,5)6)28(24)21(3)18-27(25)36-7/h9-12,14,16,18,20,26H,8,13,15,17,19H2,1-7H3. The van der Waals surface area contributed by atoms with Crippen molar-refractivity contribution in [3.8, 4) is 5.75 Å². The van der Waals surface area contributed by atoms with Gasteiger partial charge in [0.25, 0.3) is 0 Å². The first-order chi connectivity index (χ1) is 18.0. The number of likely N-dealkylation sites (tertiary alicyclic amines) is 1. The van der Waals surface area contributed by atoms with E-state index in [-0.39, 0.29) is 12.0 Å². The normalized spacial score (nSPS) is 18.4. The van der Waals surface area contributed by atoms with Crippen LogP contribution in [0, 0.1) is 12.8 Å². The third-order valence-corrected chi connectivity index (χ3v) is 7.18. The summed E-state index contributed by atoms with van der Waals surface area (Å²) >= 11 is 0. The predicted octanol–water partition coefficient (Wildman–Crippen LogP) is 6.89. The smallest absolute Gasteiger partial charge is 0.419 e. The van der Waals surface area contributed by atoms with Crippen LogP contribution in [0.25, 0.3) is 10.9 Å². The van der Waals surface area contributed by atoms with Crippen molar-refractivity contribution in [3.63, 3.8) is 0 Å². The molecule has 2 heterocycles. The van der Waals surface area contributed by atoms with Crippen LogP contribution in [-0.2, 0) is 16.0 Å². The van der Waals surface area contributed by atoms with Crippen LogP contribution in [0.15, 0.2) is 42.6 Å². The fourth-order valence-electron chi connectivity index (χ4n) is 5.36. The van der Waals surface area contributed by atoms with Gasteiger partial charge in [-0.15, -0.1) is 0 Å². The average Bonchev–Trinajstić information content (AvgIpc) is 3.32. The number of carbonyl (C=O) groups is 2. The van der Waals surface area contributed by atoms with Crippen LogP contribution < -0.4 is 4.74 Å². The zero-order chi connectivity index (χ0) is 27.6. The Bertz CT molecular complexity index is 1300. The first-order valence-electron chi connectivity index (χ1n) is 13.4. The highest BCUT2D eigenvalue weighted by atomic mass is 16.6. The van der Waals surface area contributed by atoms with Gasteiger partial charge in [-0.3, -0.25) is 9.47 Å². The van der Waals surface area contributed by atoms with Crippen molar-refractivity contribution in [2.75, 3.05) is 20.3 Å². The number of piperidine rings is 1. The molecule has 1 aromatic heterocycles. The highest BCUT2D eigenvalue weighted by Crippen LogP contribution is 2.39. The van der Waals surface area contributed by atoms with Crippen molar-refractivity contribution >= 4 is 23.0 Å². The zero-order valence-electron chi connectivity index (χ0n) is 23.7. The Morgan fingerprint density at radius 1 is 1.11 bits per heavy atom. The van der Waals surface area contributed by atoms with Gasteiger partial charge >= 0.3 is 12.1 Å². The summed E-state index contributed by atoms with van der Waals surface area (Å²) in [6.45, 7) is 13.7. The van der Waals surface area contributed by atoms with Crippen LogP contribution in [0.1, 0.15) is 80.6 Å². The molecule has 204 valence electrons. The maximum absolute atomic E-state index is 13.0. The zero-order valence-corrected chi connectivity index (χ0v) is 23.7. The second kappa shape index (κ2) is 11.2. The van der Waals surface area contributed by atoms with E-state index in [2.05, 4.69) is 11.8 Å². The molecule has 1 saturated heterocycles. The number of ether oxygens (including phenoxy) is 3. The molecule has 0 radical (unpaired) electrons. The summed E-state index contributed by atoms with van der Waals surface area (Å²) in [4.78, 5) is 27.6. The Morgan fingerprint density at radius 2 is 1.82 bits per heavy atom. The number of rotatable bonds is 6. The molecule has 7 heteroatoms. The van der Waals surface area contributed by atoms with Gasteiger partial charge in [0.1, 0.15) is 11.4 Å². The Morgan fingerprint density at radius 3 is 2.45 bits per heavy atom. The monoisotopic (exact) mass is 520 g/mol. The summed E-state index contributed by atoms with van der Waals surface area (Å²) in [6.07, 6.45) is 3.53. The molecule has 0 bridgehead atoms. The fraction of sp³-hybridized carbons (Fsp3) is 0.484. The van der Waals surface area contributed by atoms with Gasteiger partial charge in [0.15, 0.2) is 0 Å². The van der Waals surface area contributed by atoms with Crippen LogP contribution >= 0.6 is 0 Å². The van der Waals surface area contributed by atoms with E-state index in [0.717, 1.165) is 47.2 Å². The predicted molar refractivity (Wildman–Crippen MR) is 149 cm³/mol. The third-order valence-electron chi connectivity index (χ3n) is 7.18. The minimum atomic E-state index is -0.586. The number of hydrogen-bond donors (Lipinski definition) is 0. The van der Waals surface area contributed by atoms with Crippen molar-refractivity contribution in [1.82, 2.24) is 9.47 Å². The largest absolute Gasteiger partial charge is 0.496 e. The molecule has 0 spiro atoms. The minimum absolute atomic E-state index is 0.198. The van der Waals surface area contributed by atoms with E-state index >= 15 is 0 Å². The first kappa shape index (κ1) is 27.7. The SMILES string of the molecule is CCOC(=O)c1ccc(C2CC(C)CCN2Cc2c(OC)cc(C)c3c2ccn3C(=O)OC(C)(C)C)cc1. The van der Waals surface area contributed by atoms with Crippen molar-refractivity contribution in [1.29, 1.82) is 0 Å². The number of hydrogen-bond acceptors (Lipinski definition) is 6. The molecule has 1 aliphatic rings. The Labute approximate surface area is 225 Å². The van der Waals surface area contributed by atoms with Crippen LogP contribution in [0.5, 0.6) is 5.75 Å². The summed E-state index contributed by atoms with van der Waals surface area (Å²) in [5.74, 6) is 1.11. The van der Waals surface area contributed by atoms with E-state index in [1.807, 2.05) is 71.0 Å². The topological polar surface area (TPSA) is 70.0 Å². The molecule has 1 aliphatic heterocycles. The van der Waals surface area contributed by atoms with Gasteiger partial charge in [0, 0.05) is 29.7 Å². The number of fused-ring (bicyclic) bond motifs is 1. The minimum Gasteiger partial charge on any atom is -0.496 e. The summed E-state index contributed by atoms with van der Waals surface area (Å²) < 4.78 is 18.3. The van der Waals surface area contributed by atoms with Gasteiger partial charge in [0.2, 0.25) is 0 Å². The number of nitrogens with zero attached hydrogens (tertiary/aromatic N) is 2. The Hall–Kier alpha value is -3.32. The molecular weight excluding hydrogens is 480 g/mol. The maximum atomic E-state index is 13.0. The maximum Gasteiger partial charge on any atom is 0.419 e. The highest BCUT2D eigenvalue weighted by Gasteiger charge is 2.30. The van der Waals surface area contributed by atoms with E-state index in [1.165, 1.54) is 5.56 Å². The van der Waals surface area contributed by atoms with Crippen molar-refractivity contribution in [2.24, 2.45) is 5.92 Å². The van der Waals surface area contributed by atoms with Gasteiger partial charge in [-0.1, -0.05) is 19.1 Å². The number of methoxy groups -OCH3 is 1. The molecular formula is C31H40N2O5. The van der Waals surface area contributed by atoms with E-state index in [1.54, 1.807) is 17.9 Å². The van der Waals surface area contributed by atoms with Crippen LogP contribution in [0.3, 0.4) is 0 Å². The van der Waals surface area contributed by atoms with Crippen molar-refractivity contribution < 1.29 is 23.8 Å². The lowest BCUT2D eigenvalue weighted by atomic mass is 9.87. The second-order valence-electron chi connectivity index (χ2n) is 11.3. The summed E-state index contributed by atoms with van der Waals surface area (Å²) in [5.41, 5.74) is 4.01. The fourth-order valence-corrected chi connectivity index (χ4v) is 5.36. The van der Waals surface area contributed by atoms with E-state index in [9.17, 15) is 9.59 Å². The summed E-state index contributed by atoms with van der Waals surface area (Å²) in [6, 6.07) is 12.0. The van der Waals surface area contributed by atoms with E-state index in [4.69, 9.17) is 14.2 Å². The molecule has 2 unspecified atom stereocenters. The van der Waals surface area contributed by atoms with Gasteiger partial charge < -0.3 is 14.2 Å². The second-order valence-corrected chi connectivity index (χ2v) is 11.3. The molecule has 0 aliphatic carbocycles. The molecule has 0 saturated carbocycles. The number of aromatic nitrogens is 1. The van der Waals surface area contributed by atoms with Gasteiger partial charge in [-0.2, -0.15) is 0 Å². The third kappa shape index (κ3) is 5.88. The number of aryl methyl sites for hydroxylation is 1. The summed E-state index contributed by atoms with van der Waals surface area (Å²) in [5, 5.41) is 0.989. The quantitative estimate of drug-likeness (QED) is 0.330. The van der Waals surface area contributed by atoms with Crippen LogP contribution in [-0.4, -0.2) is 47.4 Å². The van der Waals surface area contributed by atoms with Crippen molar-refractivity contribution in [3.05, 3.63) is 64.8 Å². The Balaban J connectivity index is 1.70. The lowest BCUT2D eigenvalue weighted by Crippen LogP contribution is -2.36. The summed E-state index contributed by atoms with van der Waals surface area (Å²) in [7, 11) is 1.69. The number of esters is 1. The molecule has 38 heavy (non-hydrogen) atoms. The van der Waals surface area contributed by atoms with Crippen LogP contribution in [0.4, 0.5) is 4.79 Å². The molecule has 2 atom stereocenters. The molecule has 1 fully saturated rings. The highest BCUT2D eigenvalue weighted by molar-refractivity contribution is 5.95. The number of benzene rings is 2. The average molecular weight is 521 g/mol. The van der Waals surface area contributed by atoms with Crippen molar-refractivity contribution in [2.45, 2.75) is 72.6 Å². The molecule has 3 aromatic rings. The molecule has 2 aromatic carbocycles. The van der Waals surface area contributed by atoms with Gasteiger partial charge in [-0.05, 0) is 95.3 Å². The molecule has 4 rings (SSSR count). The first-order valence-corrected chi connectivity index (χ1v) is 13.4. The van der Waals surface area contributed by atoms with E-state index < -0.39 is 11.7 Å². The Kier molecular flexibility index (Phi) is 8.16. The molecule has 0 amide bonds. The molecule has 7 nitrogen and oxygen atoms in total. The number of carbonyl (C=O) groups excluding carboxylic acids is 2. The lowest BCUT2D eigenvalue weighted by molar-refractivity contribution is 0.0521. The van der Waals surface area contributed by atoms with Crippen LogP contribution in [0.2, 0.25) is 0 Å². The lowest BCUT2D eigenvalue weighted by Gasteiger charge is -2.39. The molecule has 0 N–H and O–H groups in total. The van der Waals surface area contributed by atoms with Gasteiger partial charge in [0.05, 0.1) is 24.8 Å². The van der Waals surface area contributed by atoms with Gasteiger partial charge in [-0.25, -0.2) is 9.59 Å².